The third kappa shape index (κ3) is 128. The summed E-state index contributed by atoms with van der Waals surface area (Å²) < 4.78 is 0. The Bertz CT molecular complexity index is 96.7. The molecule has 0 aliphatic heterocycles. The number of carbonyl (C=O) groups is 2. The molecule has 5 nitrogen and oxygen atoms in total. The molecule has 0 aromatic carbocycles. The first-order chi connectivity index (χ1) is 4.15. The first-order valence-electron chi connectivity index (χ1n) is 1.98. The molecule has 4 N–H and O–H groups in total. The largest absolute Gasteiger partial charge is 1.00 e. The number of primary amides is 2. The molecule has 0 aliphatic rings. The SMILES string of the molecule is NC(N)=O.O=[C-]CC=O.[Na+]. The van der Waals surface area contributed by atoms with Gasteiger partial charge >= 0.3 is 35.6 Å². The standard InChI is InChI=1S/C3H3O2.CH4N2O.Na/c4-2-1-3-5;2-1(3)4;/h2H,1H2;(H4,2,3,4);/q-1;;+1. The monoisotopic (exact) mass is 154 g/mol. The van der Waals surface area contributed by atoms with Gasteiger partial charge in [0, 0.05) is 0 Å². The van der Waals surface area contributed by atoms with Gasteiger partial charge in [0.15, 0.2) is 0 Å². The molecule has 0 aromatic heterocycles. The molecule has 10 heavy (non-hydrogen) atoms. The molecule has 0 bridgehead atoms. The van der Waals surface area contributed by atoms with E-state index in [1.54, 1.807) is 0 Å². The van der Waals surface area contributed by atoms with Gasteiger partial charge in [-0.15, -0.1) is 0 Å². The Morgan fingerprint density at radius 2 is 1.80 bits per heavy atom. The second-order valence-corrected chi connectivity index (χ2v) is 0.917. The molecule has 0 aliphatic carbocycles. The second kappa shape index (κ2) is 15.8. The molecule has 52 valence electrons. The van der Waals surface area contributed by atoms with Crippen molar-refractivity contribution in [2.45, 2.75) is 6.42 Å². The minimum Gasteiger partial charge on any atom is -0.541 e. The molecule has 0 heterocycles. The van der Waals surface area contributed by atoms with Crippen molar-refractivity contribution >= 4 is 18.6 Å². The number of hydrogen-bond acceptors (Lipinski definition) is 3. The van der Waals surface area contributed by atoms with Crippen LogP contribution in [0, 0.1) is 0 Å². The van der Waals surface area contributed by atoms with E-state index in [4.69, 9.17) is 14.4 Å². The van der Waals surface area contributed by atoms with Gasteiger partial charge in [-0.1, -0.05) is 6.42 Å². The summed E-state index contributed by atoms with van der Waals surface area (Å²) in [5.41, 5.74) is 8.50. The number of carbonyl (C=O) groups excluding carboxylic acids is 3. The molecular weight excluding hydrogens is 147 g/mol. The van der Waals surface area contributed by atoms with Crippen LogP contribution in [0.15, 0.2) is 0 Å². The summed E-state index contributed by atoms with van der Waals surface area (Å²) in [6, 6.07) is -0.833. The number of amides is 2. The van der Waals surface area contributed by atoms with Gasteiger partial charge < -0.3 is 21.1 Å². The fourth-order valence-electron chi connectivity index (χ4n) is 0.0340. The van der Waals surface area contributed by atoms with E-state index in [9.17, 15) is 0 Å². The van der Waals surface area contributed by atoms with E-state index in [2.05, 4.69) is 11.5 Å². The maximum Gasteiger partial charge on any atom is 1.00 e. The Hall–Kier alpha value is -0.390. The van der Waals surface area contributed by atoms with Crippen molar-refractivity contribution in [2.24, 2.45) is 11.5 Å². The number of hydrogen-bond donors (Lipinski definition) is 2. The van der Waals surface area contributed by atoms with Crippen molar-refractivity contribution in [3.63, 3.8) is 0 Å². The van der Waals surface area contributed by atoms with E-state index >= 15 is 0 Å². The molecule has 0 saturated heterocycles. The fraction of sp³-hybridized carbons (Fsp3) is 0.250. The van der Waals surface area contributed by atoms with Crippen LogP contribution < -0.4 is 41.0 Å². The number of rotatable bonds is 2. The van der Waals surface area contributed by atoms with Gasteiger partial charge in [-0.05, 0) is 0 Å². The first kappa shape index (κ1) is 16.3. The Balaban J connectivity index is -0.0000000910. The summed E-state index contributed by atoms with van der Waals surface area (Å²) in [6.45, 7) is 0. The first-order valence-corrected chi connectivity index (χ1v) is 1.98. The zero-order chi connectivity index (χ0) is 7.70. The van der Waals surface area contributed by atoms with Crippen molar-refractivity contribution < 1.29 is 43.9 Å². The molecule has 0 spiro atoms. The van der Waals surface area contributed by atoms with Crippen molar-refractivity contribution in [1.82, 2.24) is 0 Å². The van der Waals surface area contributed by atoms with Crippen LogP contribution in [-0.2, 0) is 9.59 Å². The summed E-state index contributed by atoms with van der Waals surface area (Å²) in [6.07, 6.45) is 1.81. The minimum atomic E-state index is -0.833. The maximum absolute atomic E-state index is 9.14. The number of aldehydes is 1. The van der Waals surface area contributed by atoms with Crippen molar-refractivity contribution in [1.29, 1.82) is 0 Å². The minimum absolute atomic E-state index is 0. The summed E-state index contributed by atoms with van der Waals surface area (Å²) >= 11 is 0. The molecule has 2 amide bonds. The van der Waals surface area contributed by atoms with Crippen LogP contribution in [0.4, 0.5) is 4.79 Å². The zero-order valence-electron chi connectivity index (χ0n) is 5.66. The predicted octanol–water partition coefficient (Wildman–Crippen LogP) is -4.29. The van der Waals surface area contributed by atoms with Crippen LogP contribution in [0.1, 0.15) is 6.42 Å². The second-order valence-electron chi connectivity index (χ2n) is 0.917. The number of nitrogens with two attached hydrogens (primary N) is 2. The average Bonchev–Trinajstić information content (AvgIpc) is 1.66. The van der Waals surface area contributed by atoms with Gasteiger partial charge in [0.25, 0.3) is 0 Å². The van der Waals surface area contributed by atoms with Crippen molar-refractivity contribution in [2.75, 3.05) is 0 Å². The van der Waals surface area contributed by atoms with E-state index in [0.717, 1.165) is 0 Å². The Morgan fingerprint density at radius 1 is 1.50 bits per heavy atom. The molecule has 0 saturated carbocycles. The fourth-order valence-corrected chi connectivity index (χ4v) is 0.0340. The van der Waals surface area contributed by atoms with Gasteiger partial charge in [0.05, 0.1) is 6.29 Å². The van der Waals surface area contributed by atoms with Crippen LogP contribution in [0.25, 0.3) is 0 Å². The van der Waals surface area contributed by atoms with Gasteiger partial charge in [0.2, 0.25) is 0 Å². The molecule has 0 unspecified atom stereocenters. The van der Waals surface area contributed by atoms with Crippen molar-refractivity contribution in [3.8, 4) is 0 Å². The number of urea groups is 1. The summed E-state index contributed by atoms with van der Waals surface area (Å²) in [5, 5.41) is 0. The Morgan fingerprint density at radius 3 is 1.80 bits per heavy atom. The van der Waals surface area contributed by atoms with Gasteiger partial charge in [0.1, 0.15) is 0 Å². The van der Waals surface area contributed by atoms with E-state index in [1.807, 2.05) is 0 Å². The van der Waals surface area contributed by atoms with Crippen LogP contribution in [0.2, 0.25) is 0 Å². The van der Waals surface area contributed by atoms with Gasteiger partial charge in [-0.3, -0.25) is 6.29 Å². The quantitative estimate of drug-likeness (QED) is 0.182. The molecule has 0 fully saturated rings. The van der Waals surface area contributed by atoms with Crippen LogP contribution in [0.3, 0.4) is 0 Å². The van der Waals surface area contributed by atoms with Crippen molar-refractivity contribution in [3.05, 3.63) is 0 Å². The molecule has 0 rings (SSSR count). The zero-order valence-corrected chi connectivity index (χ0v) is 7.66. The topological polar surface area (TPSA) is 103 Å². The molecule has 0 aromatic rings. The van der Waals surface area contributed by atoms with Crippen LogP contribution in [0.5, 0.6) is 0 Å². The molecule has 6 heteroatoms. The van der Waals surface area contributed by atoms with E-state index in [0.29, 0.717) is 6.29 Å². The Kier molecular flexibility index (Phi) is 25.8. The van der Waals surface area contributed by atoms with Gasteiger partial charge in [-0.25, -0.2) is 4.79 Å². The normalized spacial score (nSPS) is 5.60. The van der Waals surface area contributed by atoms with Crippen LogP contribution >= 0.6 is 0 Å². The van der Waals surface area contributed by atoms with E-state index in [1.165, 1.54) is 6.29 Å². The van der Waals surface area contributed by atoms with Crippen LogP contribution in [-0.4, -0.2) is 18.6 Å². The molecule has 0 atom stereocenters. The third-order valence-corrected chi connectivity index (χ3v) is 0.167. The molecular formula is C4H7N2NaO3. The van der Waals surface area contributed by atoms with E-state index in [-0.39, 0.29) is 36.0 Å². The maximum atomic E-state index is 9.14. The summed E-state index contributed by atoms with van der Waals surface area (Å²) in [5.74, 6) is 0. The summed E-state index contributed by atoms with van der Waals surface area (Å²) in [7, 11) is 0. The summed E-state index contributed by atoms with van der Waals surface area (Å²) in [4.78, 5) is 27.2. The third-order valence-electron chi connectivity index (χ3n) is 0.167. The molecule has 0 radical (unpaired) electrons. The smallest absolute Gasteiger partial charge is 0.541 e. The Labute approximate surface area is 80.4 Å². The van der Waals surface area contributed by atoms with E-state index < -0.39 is 6.03 Å². The predicted molar refractivity (Wildman–Crippen MR) is 30.1 cm³/mol. The average molecular weight is 154 g/mol. The van der Waals surface area contributed by atoms with Gasteiger partial charge in [-0.2, -0.15) is 0 Å².